The summed E-state index contributed by atoms with van der Waals surface area (Å²) in [7, 11) is 0. The fourth-order valence-electron chi connectivity index (χ4n) is 2.51. The number of nitrogens with one attached hydrogen (secondary N) is 1. The Kier molecular flexibility index (Phi) is 6.22. The number of hydrogen-bond acceptors (Lipinski definition) is 2. The summed E-state index contributed by atoms with van der Waals surface area (Å²) in [6.07, 6.45) is 0. The third-order valence-electron chi connectivity index (χ3n) is 3.68. The first kappa shape index (κ1) is 17.5. The number of amides is 1. The van der Waals surface area contributed by atoms with E-state index in [9.17, 15) is 9.18 Å². The van der Waals surface area contributed by atoms with E-state index in [-0.39, 0.29) is 17.8 Å². The van der Waals surface area contributed by atoms with Crippen LogP contribution in [0.3, 0.4) is 0 Å². The molecule has 0 aromatic heterocycles. The van der Waals surface area contributed by atoms with Gasteiger partial charge in [0.05, 0.1) is 11.8 Å². The number of aryl methyl sites for hydroxylation is 2. The minimum atomic E-state index is -0.237. The monoisotopic (exact) mass is 331 g/mol. The van der Waals surface area contributed by atoms with Crippen LogP contribution in [0, 0.1) is 19.7 Å². The fourth-order valence-corrected chi connectivity index (χ4v) is 3.31. The molecule has 122 valence electrons. The second-order valence-corrected chi connectivity index (χ2v) is 6.75. The molecule has 2 rings (SSSR count). The second kappa shape index (κ2) is 8.16. The summed E-state index contributed by atoms with van der Waals surface area (Å²) in [5, 5.41) is 3.03. The molecule has 23 heavy (non-hydrogen) atoms. The van der Waals surface area contributed by atoms with Gasteiger partial charge in [0.1, 0.15) is 5.82 Å². The lowest BCUT2D eigenvalue weighted by Crippen LogP contribution is -2.28. The molecular formula is C19H22FNOS. The molecule has 0 saturated carbocycles. The second-order valence-electron chi connectivity index (χ2n) is 5.77. The van der Waals surface area contributed by atoms with Gasteiger partial charge in [0.15, 0.2) is 0 Å². The van der Waals surface area contributed by atoms with Crippen molar-refractivity contribution >= 4 is 17.7 Å². The number of benzene rings is 2. The van der Waals surface area contributed by atoms with Crippen molar-refractivity contribution in [3.8, 4) is 0 Å². The molecule has 0 radical (unpaired) electrons. The average Bonchev–Trinajstić information content (AvgIpc) is 2.49. The summed E-state index contributed by atoms with van der Waals surface area (Å²) in [5.74, 6) is 0.876. The Morgan fingerprint density at radius 3 is 2.52 bits per heavy atom. The highest BCUT2D eigenvalue weighted by Gasteiger charge is 2.11. The molecule has 0 unspecified atom stereocenters. The van der Waals surface area contributed by atoms with Gasteiger partial charge in [0, 0.05) is 5.75 Å². The van der Waals surface area contributed by atoms with Crippen molar-refractivity contribution in [1.29, 1.82) is 0 Å². The number of hydrogen-bond donors (Lipinski definition) is 1. The molecule has 1 amide bonds. The van der Waals surface area contributed by atoms with Gasteiger partial charge in [0.25, 0.3) is 0 Å². The van der Waals surface area contributed by atoms with Gasteiger partial charge in [0.2, 0.25) is 5.91 Å². The van der Waals surface area contributed by atoms with Crippen LogP contribution in [0.15, 0.2) is 42.5 Å². The highest BCUT2D eigenvalue weighted by Crippen LogP contribution is 2.19. The Morgan fingerprint density at radius 2 is 1.87 bits per heavy atom. The molecule has 0 aliphatic carbocycles. The molecule has 1 atom stereocenters. The highest BCUT2D eigenvalue weighted by molar-refractivity contribution is 7.99. The maximum atomic E-state index is 12.8. The Morgan fingerprint density at radius 1 is 1.17 bits per heavy atom. The standard InChI is InChI=1S/C19H22FNOS/c1-13-4-9-18(14(2)10-13)15(3)21-19(22)12-23-11-16-5-7-17(20)8-6-16/h4-10,15H,11-12H2,1-3H3,(H,21,22)/t15-/m1/s1. The third kappa shape index (κ3) is 5.39. The van der Waals surface area contributed by atoms with Crippen molar-refractivity contribution in [3.63, 3.8) is 0 Å². The molecule has 2 aromatic carbocycles. The van der Waals surface area contributed by atoms with Crippen molar-refractivity contribution < 1.29 is 9.18 Å². The van der Waals surface area contributed by atoms with E-state index in [1.54, 1.807) is 12.1 Å². The first-order chi connectivity index (χ1) is 11.0. The minimum absolute atomic E-state index is 0.00507. The molecule has 0 bridgehead atoms. The fraction of sp³-hybridized carbons (Fsp3) is 0.316. The molecule has 1 N–H and O–H groups in total. The largest absolute Gasteiger partial charge is 0.349 e. The van der Waals surface area contributed by atoms with Gasteiger partial charge in [-0.2, -0.15) is 0 Å². The zero-order valence-corrected chi connectivity index (χ0v) is 14.5. The van der Waals surface area contributed by atoms with Crippen molar-refractivity contribution in [2.24, 2.45) is 0 Å². The van der Waals surface area contributed by atoms with Crippen LogP contribution in [0.5, 0.6) is 0 Å². The van der Waals surface area contributed by atoms with Crippen LogP contribution in [0.2, 0.25) is 0 Å². The van der Waals surface area contributed by atoms with Gasteiger partial charge >= 0.3 is 0 Å². The number of carbonyl (C=O) groups excluding carboxylic acids is 1. The van der Waals surface area contributed by atoms with Gasteiger partial charge in [-0.1, -0.05) is 35.9 Å². The van der Waals surface area contributed by atoms with Crippen molar-refractivity contribution in [1.82, 2.24) is 5.32 Å². The SMILES string of the molecule is Cc1ccc([C@@H](C)NC(=O)CSCc2ccc(F)cc2)c(C)c1. The van der Waals surface area contributed by atoms with E-state index in [0.29, 0.717) is 11.5 Å². The van der Waals surface area contributed by atoms with Crippen molar-refractivity contribution in [2.75, 3.05) is 5.75 Å². The smallest absolute Gasteiger partial charge is 0.230 e. The molecule has 2 aromatic rings. The summed E-state index contributed by atoms with van der Waals surface area (Å²) < 4.78 is 12.8. The van der Waals surface area contributed by atoms with Crippen LogP contribution in [-0.2, 0) is 10.5 Å². The maximum absolute atomic E-state index is 12.8. The summed E-state index contributed by atoms with van der Waals surface area (Å²) in [6.45, 7) is 6.13. The van der Waals surface area contributed by atoms with E-state index in [1.807, 2.05) is 6.92 Å². The van der Waals surface area contributed by atoms with Gasteiger partial charge < -0.3 is 5.32 Å². The minimum Gasteiger partial charge on any atom is -0.349 e. The number of rotatable bonds is 6. The molecule has 0 aliphatic rings. The molecule has 0 aliphatic heterocycles. The maximum Gasteiger partial charge on any atom is 0.230 e. The normalized spacial score (nSPS) is 12.0. The lowest BCUT2D eigenvalue weighted by molar-refractivity contribution is -0.119. The van der Waals surface area contributed by atoms with Crippen molar-refractivity contribution in [2.45, 2.75) is 32.6 Å². The van der Waals surface area contributed by atoms with Crippen LogP contribution < -0.4 is 5.32 Å². The predicted molar refractivity (Wildman–Crippen MR) is 95.0 cm³/mol. The Balaban J connectivity index is 1.81. The predicted octanol–water partition coefficient (Wildman–Crippen LogP) is 4.55. The molecule has 4 heteroatoms. The summed E-state index contributed by atoms with van der Waals surface area (Å²) in [4.78, 5) is 12.1. The van der Waals surface area contributed by atoms with E-state index < -0.39 is 0 Å². The Bertz CT molecular complexity index is 670. The van der Waals surface area contributed by atoms with E-state index >= 15 is 0 Å². The lowest BCUT2D eigenvalue weighted by atomic mass is 10.0. The van der Waals surface area contributed by atoms with Crippen LogP contribution in [-0.4, -0.2) is 11.7 Å². The van der Waals surface area contributed by atoms with E-state index in [4.69, 9.17) is 0 Å². The zero-order valence-electron chi connectivity index (χ0n) is 13.7. The summed E-state index contributed by atoms with van der Waals surface area (Å²) in [5.41, 5.74) is 4.58. The van der Waals surface area contributed by atoms with E-state index in [2.05, 4.69) is 37.4 Å². The van der Waals surface area contributed by atoms with Crippen LogP contribution in [0.4, 0.5) is 4.39 Å². The quantitative estimate of drug-likeness (QED) is 0.841. The molecule has 0 fully saturated rings. The van der Waals surface area contributed by atoms with Gasteiger partial charge in [-0.25, -0.2) is 4.39 Å². The first-order valence-corrected chi connectivity index (χ1v) is 8.80. The van der Waals surface area contributed by atoms with E-state index in [1.165, 1.54) is 35.0 Å². The molecule has 0 saturated heterocycles. The van der Waals surface area contributed by atoms with E-state index in [0.717, 1.165) is 11.1 Å². The van der Waals surface area contributed by atoms with Crippen LogP contribution in [0.25, 0.3) is 0 Å². The summed E-state index contributed by atoms with van der Waals surface area (Å²) >= 11 is 1.53. The number of halogens is 1. The zero-order chi connectivity index (χ0) is 16.8. The third-order valence-corrected chi connectivity index (χ3v) is 4.69. The Hall–Kier alpha value is -1.81. The Labute approximate surface area is 141 Å². The number of carbonyl (C=O) groups is 1. The average molecular weight is 331 g/mol. The molecular weight excluding hydrogens is 309 g/mol. The molecule has 0 heterocycles. The number of thioether (sulfide) groups is 1. The first-order valence-electron chi connectivity index (χ1n) is 7.64. The van der Waals surface area contributed by atoms with Gasteiger partial charge in [-0.15, -0.1) is 11.8 Å². The van der Waals surface area contributed by atoms with Crippen LogP contribution >= 0.6 is 11.8 Å². The van der Waals surface area contributed by atoms with Gasteiger partial charge in [-0.3, -0.25) is 4.79 Å². The summed E-state index contributed by atoms with van der Waals surface area (Å²) in [6, 6.07) is 12.6. The molecule has 2 nitrogen and oxygen atoms in total. The topological polar surface area (TPSA) is 29.1 Å². The van der Waals surface area contributed by atoms with Crippen molar-refractivity contribution in [3.05, 3.63) is 70.5 Å². The highest BCUT2D eigenvalue weighted by atomic mass is 32.2. The van der Waals surface area contributed by atoms with Gasteiger partial charge in [-0.05, 0) is 49.6 Å². The lowest BCUT2D eigenvalue weighted by Gasteiger charge is -2.17. The van der Waals surface area contributed by atoms with Crippen LogP contribution in [0.1, 0.15) is 35.2 Å². The molecule has 0 spiro atoms.